The fourth-order valence-electron chi connectivity index (χ4n) is 2.22. The zero-order valence-corrected chi connectivity index (χ0v) is 10.3. The first-order valence-electron chi connectivity index (χ1n) is 6.01. The van der Waals surface area contributed by atoms with Crippen molar-refractivity contribution >= 4 is 11.8 Å². The van der Waals surface area contributed by atoms with Gasteiger partial charge in [-0.05, 0) is 31.1 Å². The molecule has 0 amide bonds. The fourth-order valence-corrected chi connectivity index (χ4v) is 2.22. The molecule has 0 aliphatic heterocycles. The standard InChI is InChI=1S/C12H19FN4/c1-12(2)5-3-8(4-6-12)16-10-9(13)7-15-11(14)17-10/h7-8H,3-6H2,1-2H3,(H3,14,15,16,17). The van der Waals surface area contributed by atoms with Crippen LogP contribution >= 0.6 is 0 Å². The van der Waals surface area contributed by atoms with Gasteiger partial charge in [-0.15, -0.1) is 0 Å². The molecule has 4 nitrogen and oxygen atoms in total. The highest BCUT2D eigenvalue weighted by atomic mass is 19.1. The van der Waals surface area contributed by atoms with Gasteiger partial charge in [-0.3, -0.25) is 0 Å². The minimum Gasteiger partial charge on any atom is -0.368 e. The first-order valence-corrected chi connectivity index (χ1v) is 6.01. The Kier molecular flexibility index (Phi) is 3.17. The molecule has 94 valence electrons. The molecule has 1 aliphatic carbocycles. The summed E-state index contributed by atoms with van der Waals surface area (Å²) in [5.74, 6) is -0.115. The molecule has 2 rings (SSSR count). The van der Waals surface area contributed by atoms with Crippen molar-refractivity contribution in [3.63, 3.8) is 0 Å². The number of aromatic nitrogens is 2. The average molecular weight is 238 g/mol. The molecule has 1 aliphatic rings. The Morgan fingerprint density at radius 1 is 1.41 bits per heavy atom. The lowest BCUT2D eigenvalue weighted by Gasteiger charge is -2.34. The molecule has 0 unspecified atom stereocenters. The molecule has 0 bridgehead atoms. The van der Waals surface area contributed by atoms with Crippen LogP contribution in [0.2, 0.25) is 0 Å². The van der Waals surface area contributed by atoms with E-state index in [0.29, 0.717) is 5.41 Å². The lowest BCUT2D eigenvalue weighted by atomic mass is 9.75. The molecule has 1 saturated carbocycles. The topological polar surface area (TPSA) is 63.8 Å². The largest absolute Gasteiger partial charge is 0.368 e. The van der Waals surface area contributed by atoms with Gasteiger partial charge < -0.3 is 11.1 Å². The van der Waals surface area contributed by atoms with Crippen LogP contribution in [0.15, 0.2) is 6.20 Å². The van der Waals surface area contributed by atoms with Crippen LogP contribution in [0, 0.1) is 11.2 Å². The number of nitrogens with two attached hydrogens (primary N) is 1. The monoisotopic (exact) mass is 238 g/mol. The van der Waals surface area contributed by atoms with Crippen LogP contribution < -0.4 is 11.1 Å². The summed E-state index contributed by atoms with van der Waals surface area (Å²) in [4.78, 5) is 7.49. The maximum Gasteiger partial charge on any atom is 0.222 e. The minimum absolute atomic E-state index is 0.102. The number of nitrogens with one attached hydrogen (secondary N) is 1. The van der Waals surface area contributed by atoms with Gasteiger partial charge >= 0.3 is 0 Å². The van der Waals surface area contributed by atoms with Gasteiger partial charge in [0, 0.05) is 6.04 Å². The van der Waals surface area contributed by atoms with E-state index >= 15 is 0 Å². The number of nitrogens with zero attached hydrogens (tertiary/aromatic N) is 2. The Labute approximate surface area is 101 Å². The maximum absolute atomic E-state index is 13.4. The van der Waals surface area contributed by atoms with Gasteiger partial charge in [0.2, 0.25) is 5.95 Å². The van der Waals surface area contributed by atoms with E-state index in [2.05, 4.69) is 29.1 Å². The first kappa shape index (κ1) is 12.1. The van der Waals surface area contributed by atoms with Crippen LogP contribution in [0.3, 0.4) is 0 Å². The van der Waals surface area contributed by atoms with E-state index in [1.807, 2.05) is 0 Å². The van der Waals surface area contributed by atoms with Crippen molar-refractivity contribution in [1.29, 1.82) is 0 Å². The number of hydrogen-bond acceptors (Lipinski definition) is 4. The normalized spacial score (nSPS) is 20.2. The molecule has 1 heterocycles. The third kappa shape index (κ3) is 3.05. The summed E-state index contributed by atoms with van der Waals surface area (Å²) in [6.45, 7) is 4.54. The molecule has 0 saturated heterocycles. The molecule has 3 N–H and O–H groups in total. The number of halogens is 1. The number of hydrogen-bond donors (Lipinski definition) is 2. The Balaban J connectivity index is 2.00. The van der Waals surface area contributed by atoms with E-state index in [1.165, 1.54) is 0 Å². The van der Waals surface area contributed by atoms with Crippen molar-refractivity contribution in [1.82, 2.24) is 9.97 Å². The van der Waals surface area contributed by atoms with Crippen molar-refractivity contribution in [2.24, 2.45) is 5.41 Å². The van der Waals surface area contributed by atoms with Gasteiger partial charge in [0.15, 0.2) is 11.6 Å². The maximum atomic E-state index is 13.4. The van der Waals surface area contributed by atoms with E-state index in [9.17, 15) is 4.39 Å². The van der Waals surface area contributed by atoms with Gasteiger partial charge in [-0.25, -0.2) is 9.37 Å². The lowest BCUT2D eigenvalue weighted by Crippen LogP contribution is -2.30. The van der Waals surface area contributed by atoms with Crippen LogP contribution in [-0.2, 0) is 0 Å². The van der Waals surface area contributed by atoms with Gasteiger partial charge in [0.1, 0.15) is 0 Å². The molecule has 0 spiro atoms. The fraction of sp³-hybridized carbons (Fsp3) is 0.667. The summed E-state index contributed by atoms with van der Waals surface area (Å²) >= 11 is 0. The van der Waals surface area contributed by atoms with E-state index in [1.54, 1.807) is 0 Å². The highest BCUT2D eigenvalue weighted by molar-refractivity contribution is 5.40. The Morgan fingerprint density at radius 2 is 2.06 bits per heavy atom. The molecule has 0 aromatic carbocycles. The predicted octanol–water partition coefficient (Wildman–Crippen LogP) is 2.58. The van der Waals surface area contributed by atoms with Gasteiger partial charge in [-0.2, -0.15) is 4.98 Å². The SMILES string of the molecule is CC1(C)CCC(Nc2nc(N)ncc2F)CC1. The van der Waals surface area contributed by atoms with Gasteiger partial charge in [0.25, 0.3) is 0 Å². The van der Waals surface area contributed by atoms with E-state index < -0.39 is 5.82 Å². The molecule has 5 heteroatoms. The highest BCUT2D eigenvalue weighted by Gasteiger charge is 2.27. The molecule has 1 aromatic heterocycles. The molecular formula is C12H19FN4. The highest BCUT2D eigenvalue weighted by Crippen LogP contribution is 2.36. The van der Waals surface area contributed by atoms with Crippen molar-refractivity contribution in [2.75, 3.05) is 11.1 Å². The Hall–Kier alpha value is -1.39. The number of anilines is 2. The smallest absolute Gasteiger partial charge is 0.222 e. The third-order valence-corrected chi connectivity index (χ3v) is 3.44. The van der Waals surface area contributed by atoms with E-state index in [0.717, 1.165) is 31.9 Å². The van der Waals surface area contributed by atoms with Gasteiger partial charge in [0.05, 0.1) is 6.20 Å². The van der Waals surface area contributed by atoms with Crippen LogP contribution in [0.25, 0.3) is 0 Å². The van der Waals surface area contributed by atoms with Crippen molar-refractivity contribution in [3.05, 3.63) is 12.0 Å². The second-order valence-electron chi connectivity index (χ2n) is 5.51. The summed E-state index contributed by atoms with van der Waals surface area (Å²) < 4.78 is 13.4. The van der Waals surface area contributed by atoms with Crippen molar-refractivity contribution in [3.8, 4) is 0 Å². The zero-order valence-electron chi connectivity index (χ0n) is 10.3. The predicted molar refractivity (Wildman–Crippen MR) is 66.1 cm³/mol. The quantitative estimate of drug-likeness (QED) is 0.831. The summed E-state index contributed by atoms with van der Waals surface area (Å²) in [6, 6.07) is 0.284. The lowest BCUT2D eigenvalue weighted by molar-refractivity contribution is 0.232. The second-order valence-corrected chi connectivity index (χ2v) is 5.51. The number of nitrogen functional groups attached to an aromatic ring is 1. The van der Waals surface area contributed by atoms with Crippen LogP contribution in [0.1, 0.15) is 39.5 Å². The second kappa shape index (κ2) is 4.47. The Morgan fingerprint density at radius 3 is 2.71 bits per heavy atom. The first-order chi connectivity index (χ1) is 7.96. The molecule has 1 fully saturated rings. The third-order valence-electron chi connectivity index (χ3n) is 3.44. The molecule has 0 radical (unpaired) electrons. The zero-order chi connectivity index (χ0) is 12.5. The summed E-state index contributed by atoms with van der Waals surface area (Å²) in [5, 5.41) is 3.12. The van der Waals surface area contributed by atoms with E-state index in [4.69, 9.17) is 5.73 Å². The summed E-state index contributed by atoms with van der Waals surface area (Å²) in [5.41, 5.74) is 5.85. The minimum atomic E-state index is -0.441. The Bertz CT molecular complexity index is 395. The van der Waals surface area contributed by atoms with Crippen molar-refractivity contribution in [2.45, 2.75) is 45.6 Å². The molecule has 0 atom stereocenters. The van der Waals surface area contributed by atoms with Crippen LogP contribution in [0.5, 0.6) is 0 Å². The number of rotatable bonds is 2. The van der Waals surface area contributed by atoms with Crippen LogP contribution in [-0.4, -0.2) is 16.0 Å². The van der Waals surface area contributed by atoms with Gasteiger partial charge in [-0.1, -0.05) is 13.8 Å². The molecule has 17 heavy (non-hydrogen) atoms. The molecule has 1 aromatic rings. The van der Waals surface area contributed by atoms with Crippen molar-refractivity contribution < 1.29 is 4.39 Å². The van der Waals surface area contributed by atoms with E-state index in [-0.39, 0.29) is 17.8 Å². The average Bonchev–Trinajstić information content (AvgIpc) is 2.26. The summed E-state index contributed by atoms with van der Waals surface area (Å²) in [7, 11) is 0. The molecular weight excluding hydrogens is 219 g/mol. The summed E-state index contributed by atoms with van der Waals surface area (Å²) in [6.07, 6.45) is 5.48. The van der Waals surface area contributed by atoms with Crippen LogP contribution in [0.4, 0.5) is 16.2 Å².